The van der Waals surface area contributed by atoms with E-state index in [-0.39, 0.29) is 17.7 Å². The highest BCUT2D eigenvalue weighted by atomic mass is 16.5. The molecule has 0 aliphatic carbocycles. The van der Waals surface area contributed by atoms with Crippen molar-refractivity contribution < 1.29 is 14.3 Å². The fourth-order valence-electron chi connectivity index (χ4n) is 2.62. The summed E-state index contributed by atoms with van der Waals surface area (Å²) in [4.78, 5) is 23.9. The van der Waals surface area contributed by atoms with Crippen LogP contribution in [0, 0.1) is 5.92 Å². The van der Waals surface area contributed by atoms with Crippen molar-refractivity contribution in [2.24, 2.45) is 5.92 Å². The molecule has 1 saturated heterocycles. The molecule has 1 rings (SSSR count). The Kier molecular flexibility index (Phi) is 9.01. The Morgan fingerprint density at radius 3 is 2.25 bits per heavy atom. The Labute approximate surface area is 122 Å². The second kappa shape index (κ2) is 10.6. The van der Waals surface area contributed by atoms with Crippen molar-refractivity contribution in [1.29, 1.82) is 0 Å². The maximum Gasteiger partial charge on any atom is 0.309 e. The molecule has 0 bridgehead atoms. The van der Waals surface area contributed by atoms with Gasteiger partial charge in [-0.3, -0.25) is 9.59 Å². The van der Waals surface area contributed by atoms with Crippen LogP contribution >= 0.6 is 0 Å². The summed E-state index contributed by atoms with van der Waals surface area (Å²) in [5.41, 5.74) is 0. The molecule has 0 aromatic heterocycles. The van der Waals surface area contributed by atoms with Gasteiger partial charge in [-0.2, -0.15) is 0 Å². The summed E-state index contributed by atoms with van der Waals surface area (Å²) >= 11 is 0. The summed E-state index contributed by atoms with van der Waals surface area (Å²) in [6.45, 7) is 4.15. The lowest BCUT2D eigenvalue weighted by atomic mass is 9.96. The average Bonchev–Trinajstić information content (AvgIpc) is 2.43. The standard InChI is InChI=1S/C17H28O3/c1-2-11-15-14-16(18)12-9-7-5-3-4-6-8-10-13-20-17(15)19/h2,15H,1,3-14H2. The van der Waals surface area contributed by atoms with Crippen LogP contribution in [0.3, 0.4) is 0 Å². The third kappa shape index (κ3) is 7.46. The monoisotopic (exact) mass is 280 g/mol. The summed E-state index contributed by atoms with van der Waals surface area (Å²) in [5, 5.41) is 0. The molecule has 0 spiro atoms. The summed E-state index contributed by atoms with van der Waals surface area (Å²) in [5.74, 6) is -0.373. The van der Waals surface area contributed by atoms with Crippen molar-refractivity contribution in [2.75, 3.05) is 6.61 Å². The third-order valence-electron chi connectivity index (χ3n) is 3.85. The van der Waals surface area contributed by atoms with Crippen molar-refractivity contribution in [2.45, 2.75) is 70.6 Å². The van der Waals surface area contributed by atoms with Crippen LogP contribution in [0.2, 0.25) is 0 Å². The molecule has 3 heteroatoms. The van der Waals surface area contributed by atoms with E-state index in [1.165, 1.54) is 25.7 Å². The molecule has 3 nitrogen and oxygen atoms in total. The van der Waals surface area contributed by atoms with E-state index in [1.807, 2.05) is 0 Å². The molecular formula is C17H28O3. The largest absolute Gasteiger partial charge is 0.465 e. The fourth-order valence-corrected chi connectivity index (χ4v) is 2.62. The second-order valence-corrected chi connectivity index (χ2v) is 5.71. The zero-order chi connectivity index (χ0) is 14.6. The van der Waals surface area contributed by atoms with Crippen LogP contribution in [-0.2, 0) is 14.3 Å². The van der Waals surface area contributed by atoms with Crippen molar-refractivity contribution in [3.63, 3.8) is 0 Å². The number of hydrogen-bond acceptors (Lipinski definition) is 3. The van der Waals surface area contributed by atoms with Crippen molar-refractivity contribution >= 4 is 11.8 Å². The van der Waals surface area contributed by atoms with Gasteiger partial charge in [0.15, 0.2) is 0 Å². The van der Waals surface area contributed by atoms with Crippen LogP contribution in [0.4, 0.5) is 0 Å². The van der Waals surface area contributed by atoms with E-state index >= 15 is 0 Å². The number of rotatable bonds is 2. The van der Waals surface area contributed by atoms with Gasteiger partial charge >= 0.3 is 5.97 Å². The fraction of sp³-hybridized carbons (Fsp3) is 0.765. The number of carbonyl (C=O) groups excluding carboxylic acids is 2. The molecule has 1 heterocycles. The van der Waals surface area contributed by atoms with Crippen LogP contribution in [0.25, 0.3) is 0 Å². The average molecular weight is 280 g/mol. The van der Waals surface area contributed by atoms with Crippen molar-refractivity contribution in [3.05, 3.63) is 12.7 Å². The number of ketones is 1. The Balaban J connectivity index is 2.50. The molecule has 1 unspecified atom stereocenters. The first-order valence-corrected chi connectivity index (χ1v) is 8.03. The Hall–Kier alpha value is -1.12. The van der Waals surface area contributed by atoms with Gasteiger partial charge in [-0.25, -0.2) is 0 Å². The molecule has 1 atom stereocenters. The van der Waals surface area contributed by atoms with Crippen LogP contribution in [0.5, 0.6) is 0 Å². The highest BCUT2D eigenvalue weighted by molar-refractivity contribution is 5.84. The number of allylic oxidation sites excluding steroid dienone is 1. The van der Waals surface area contributed by atoms with Gasteiger partial charge in [-0.1, -0.05) is 44.6 Å². The molecule has 0 aromatic carbocycles. The lowest BCUT2D eigenvalue weighted by Gasteiger charge is -2.13. The number of cyclic esters (lactones) is 1. The van der Waals surface area contributed by atoms with E-state index in [9.17, 15) is 9.59 Å². The van der Waals surface area contributed by atoms with Crippen molar-refractivity contribution in [1.82, 2.24) is 0 Å². The normalized spacial score (nSPS) is 24.3. The van der Waals surface area contributed by atoms with E-state index in [4.69, 9.17) is 4.74 Å². The van der Waals surface area contributed by atoms with Gasteiger partial charge in [0, 0.05) is 12.8 Å². The van der Waals surface area contributed by atoms with Gasteiger partial charge in [-0.05, 0) is 19.3 Å². The van der Waals surface area contributed by atoms with Crippen LogP contribution < -0.4 is 0 Å². The quantitative estimate of drug-likeness (QED) is 0.562. The smallest absolute Gasteiger partial charge is 0.309 e. The number of hydrogen-bond donors (Lipinski definition) is 0. The summed E-state index contributed by atoms with van der Waals surface area (Å²) < 4.78 is 5.29. The van der Waals surface area contributed by atoms with Gasteiger partial charge in [0.25, 0.3) is 0 Å². The predicted molar refractivity (Wildman–Crippen MR) is 80.4 cm³/mol. The van der Waals surface area contributed by atoms with E-state index in [1.54, 1.807) is 6.08 Å². The van der Waals surface area contributed by atoms with Gasteiger partial charge < -0.3 is 4.74 Å². The number of Topliss-reactive ketones (excluding diaryl/α,β-unsaturated/α-hetero) is 1. The lowest BCUT2D eigenvalue weighted by Crippen LogP contribution is -2.21. The minimum Gasteiger partial charge on any atom is -0.465 e. The summed E-state index contributed by atoms with van der Waals surface area (Å²) in [6.07, 6.45) is 12.2. The SMILES string of the molecule is C=CCC1CC(=O)CCCCCCCCCCOC1=O. The number of carbonyl (C=O) groups is 2. The number of ether oxygens (including phenoxy) is 1. The maximum atomic E-state index is 12.0. The first kappa shape index (κ1) is 16.9. The second-order valence-electron chi connectivity index (χ2n) is 5.71. The maximum absolute atomic E-state index is 12.0. The zero-order valence-corrected chi connectivity index (χ0v) is 12.6. The molecule has 114 valence electrons. The molecule has 0 N–H and O–H groups in total. The zero-order valence-electron chi connectivity index (χ0n) is 12.6. The third-order valence-corrected chi connectivity index (χ3v) is 3.85. The molecule has 1 aliphatic rings. The minimum atomic E-state index is -0.329. The highest BCUT2D eigenvalue weighted by Gasteiger charge is 2.21. The lowest BCUT2D eigenvalue weighted by molar-refractivity contribution is -0.150. The first-order chi connectivity index (χ1) is 9.74. The Morgan fingerprint density at radius 2 is 1.60 bits per heavy atom. The summed E-state index contributed by atoms with van der Waals surface area (Å²) in [7, 11) is 0. The Morgan fingerprint density at radius 1 is 1.00 bits per heavy atom. The van der Waals surface area contributed by atoms with Gasteiger partial charge in [0.1, 0.15) is 5.78 Å². The number of esters is 1. The van der Waals surface area contributed by atoms with Crippen molar-refractivity contribution in [3.8, 4) is 0 Å². The van der Waals surface area contributed by atoms with E-state index in [2.05, 4.69) is 6.58 Å². The molecule has 0 aromatic rings. The Bertz CT molecular complexity index is 309. The van der Waals surface area contributed by atoms with E-state index < -0.39 is 0 Å². The molecular weight excluding hydrogens is 252 g/mol. The molecule has 0 amide bonds. The van der Waals surface area contributed by atoms with Crippen LogP contribution in [0.15, 0.2) is 12.7 Å². The molecule has 0 radical (unpaired) electrons. The molecule has 20 heavy (non-hydrogen) atoms. The van der Waals surface area contributed by atoms with E-state index in [0.29, 0.717) is 25.9 Å². The molecule has 1 fully saturated rings. The topological polar surface area (TPSA) is 43.4 Å². The van der Waals surface area contributed by atoms with Gasteiger partial charge in [0.2, 0.25) is 0 Å². The van der Waals surface area contributed by atoms with Gasteiger partial charge in [-0.15, -0.1) is 6.58 Å². The molecule has 1 aliphatic heterocycles. The van der Waals surface area contributed by atoms with Crippen LogP contribution in [-0.4, -0.2) is 18.4 Å². The van der Waals surface area contributed by atoms with Gasteiger partial charge in [0.05, 0.1) is 12.5 Å². The van der Waals surface area contributed by atoms with Crippen LogP contribution in [0.1, 0.15) is 70.6 Å². The highest BCUT2D eigenvalue weighted by Crippen LogP contribution is 2.17. The minimum absolute atomic E-state index is 0.184. The first-order valence-electron chi connectivity index (χ1n) is 8.03. The predicted octanol–water partition coefficient (Wildman–Crippen LogP) is 4.21. The van der Waals surface area contributed by atoms with E-state index in [0.717, 1.165) is 25.7 Å². The molecule has 0 saturated carbocycles. The summed E-state index contributed by atoms with van der Waals surface area (Å²) in [6, 6.07) is 0.